The predicted molar refractivity (Wildman–Crippen MR) is 88.4 cm³/mol. The third-order valence-electron chi connectivity index (χ3n) is 3.26. The summed E-state index contributed by atoms with van der Waals surface area (Å²) in [6.45, 7) is 1.89. The van der Waals surface area contributed by atoms with Gasteiger partial charge < -0.3 is 5.32 Å². The Balaban J connectivity index is 2.07. The van der Waals surface area contributed by atoms with Crippen LogP contribution in [0.4, 0.5) is 11.6 Å². The third kappa shape index (κ3) is 2.84. The van der Waals surface area contributed by atoms with E-state index >= 15 is 0 Å². The van der Waals surface area contributed by atoms with Crippen molar-refractivity contribution in [1.82, 2.24) is 20.2 Å². The van der Waals surface area contributed by atoms with E-state index in [4.69, 9.17) is 23.2 Å². The molecular formula is C15H10Cl2N6. The van der Waals surface area contributed by atoms with Gasteiger partial charge in [-0.25, -0.2) is 0 Å². The maximum Gasteiger partial charge on any atom is 0.252 e. The Labute approximate surface area is 142 Å². The van der Waals surface area contributed by atoms with Crippen LogP contribution >= 0.6 is 23.2 Å². The number of rotatable bonds is 3. The number of para-hydroxylation sites is 1. The molecule has 6 nitrogen and oxygen atoms in total. The number of benzene rings is 2. The first-order valence-corrected chi connectivity index (χ1v) is 7.37. The molecule has 3 aromatic rings. The van der Waals surface area contributed by atoms with Crippen LogP contribution in [-0.2, 0) is 0 Å². The highest BCUT2D eigenvalue weighted by Crippen LogP contribution is 2.30. The fourth-order valence-corrected chi connectivity index (χ4v) is 2.50. The van der Waals surface area contributed by atoms with Crippen LogP contribution in [0.2, 0.25) is 10.0 Å². The molecule has 114 valence electrons. The largest absolute Gasteiger partial charge is 0.321 e. The van der Waals surface area contributed by atoms with E-state index in [1.54, 1.807) is 24.3 Å². The second-order valence-corrected chi connectivity index (χ2v) is 5.51. The Morgan fingerprint density at radius 1 is 1.17 bits per heavy atom. The summed E-state index contributed by atoms with van der Waals surface area (Å²) in [7, 11) is 0. The first-order chi connectivity index (χ1) is 11.1. The van der Waals surface area contributed by atoms with Gasteiger partial charge in [0.2, 0.25) is 0 Å². The van der Waals surface area contributed by atoms with E-state index in [0.29, 0.717) is 32.9 Å². The minimum absolute atomic E-state index is 0.333. The van der Waals surface area contributed by atoms with Gasteiger partial charge in [-0.2, -0.15) is 9.94 Å². The highest BCUT2D eigenvalue weighted by molar-refractivity contribution is 6.43. The molecule has 1 aromatic heterocycles. The number of aryl methyl sites for hydroxylation is 1. The van der Waals surface area contributed by atoms with Crippen LogP contribution in [0, 0.1) is 18.3 Å². The molecule has 0 aliphatic rings. The number of nitrogens with one attached hydrogen (secondary N) is 1. The third-order valence-corrected chi connectivity index (χ3v) is 4.07. The zero-order valence-corrected chi connectivity index (χ0v) is 13.5. The molecule has 0 saturated heterocycles. The number of nitrogens with zero attached hydrogens (tertiary/aromatic N) is 5. The normalized spacial score (nSPS) is 10.3. The van der Waals surface area contributed by atoms with E-state index in [1.807, 2.05) is 19.1 Å². The van der Waals surface area contributed by atoms with Crippen molar-refractivity contribution in [3.63, 3.8) is 0 Å². The van der Waals surface area contributed by atoms with Gasteiger partial charge >= 0.3 is 0 Å². The van der Waals surface area contributed by atoms with Crippen LogP contribution in [0.1, 0.15) is 11.1 Å². The van der Waals surface area contributed by atoms with E-state index in [2.05, 4.69) is 26.9 Å². The highest BCUT2D eigenvalue weighted by Gasteiger charge is 2.15. The lowest BCUT2D eigenvalue weighted by molar-refractivity contribution is 0.791. The summed E-state index contributed by atoms with van der Waals surface area (Å²) in [5.74, 6) is 0.333. The lowest BCUT2D eigenvalue weighted by Crippen LogP contribution is -2.06. The lowest BCUT2D eigenvalue weighted by Gasteiger charge is -2.12. The lowest BCUT2D eigenvalue weighted by atomic mass is 10.1. The summed E-state index contributed by atoms with van der Waals surface area (Å²) >= 11 is 12.3. The number of nitriles is 1. The molecule has 0 bridgehead atoms. The Kier molecular flexibility index (Phi) is 4.15. The van der Waals surface area contributed by atoms with Crippen LogP contribution in [0.25, 0.3) is 5.69 Å². The minimum Gasteiger partial charge on any atom is -0.321 e. The molecule has 0 saturated carbocycles. The van der Waals surface area contributed by atoms with Crippen molar-refractivity contribution >= 4 is 34.8 Å². The van der Waals surface area contributed by atoms with Crippen molar-refractivity contribution in [3.05, 3.63) is 57.6 Å². The highest BCUT2D eigenvalue weighted by atomic mass is 35.5. The molecule has 0 aliphatic carbocycles. The number of anilines is 2. The summed E-state index contributed by atoms with van der Waals surface area (Å²) in [6, 6.07) is 12.7. The van der Waals surface area contributed by atoms with E-state index in [9.17, 15) is 5.26 Å². The zero-order valence-electron chi connectivity index (χ0n) is 12.0. The standard InChI is InChI=1S/C15H10Cl2N6/c1-9-4-2-5-10(8-18)14(9)19-15-20-21-22-23(15)12-7-3-6-11(16)13(12)17/h2-7H,1H3,(H,19,20,22). The molecule has 2 aromatic carbocycles. The van der Waals surface area contributed by atoms with Crippen molar-refractivity contribution in [2.24, 2.45) is 0 Å². The second kappa shape index (κ2) is 6.24. The van der Waals surface area contributed by atoms with Crippen molar-refractivity contribution < 1.29 is 0 Å². The molecule has 0 atom stereocenters. The molecule has 0 aliphatic heterocycles. The fourth-order valence-electron chi connectivity index (χ4n) is 2.12. The molecule has 0 fully saturated rings. The summed E-state index contributed by atoms with van der Waals surface area (Å²) in [4.78, 5) is 0. The topological polar surface area (TPSA) is 79.4 Å². The number of aromatic nitrogens is 4. The summed E-state index contributed by atoms with van der Waals surface area (Å²) in [6.07, 6.45) is 0. The van der Waals surface area contributed by atoms with Gasteiger partial charge in [-0.1, -0.05) is 46.5 Å². The Bertz CT molecular complexity index is 913. The van der Waals surface area contributed by atoms with Crippen LogP contribution in [-0.4, -0.2) is 20.2 Å². The van der Waals surface area contributed by atoms with Crippen molar-refractivity contribution in [3.8, 4) is 11.8 Å². The maximum atomic E-state index is 9.25. The van der Waals surface area contributed by atoms with Crippen LogP contribution in [0.15, 0.2) is 36.4 Å². The van der Waals surface area contributed by atoms with Crippen molar-refractivity contribution in [2.75, 3.05) is 5.32 Å². The van der Waals surface area contributed by atoms with Crippen molar-refractivity contribution in [1.29, 1.82) is 5.26 Å². The number of hydrogen-bond acceptors (Lipinski definition) is 5. The number of halogens is 2. The SMILES string of the molecule is Cc1cccc(C#N)c1Nc1nnnn1-c1cccc(Cl)c1Cl. The fraction of sp³-hybridized carbons (Fsp3) is 0.0667. The van der Waals surface area contributed by atoms with Crippen LogP contribution in [0.5, 0.6) is 0 Å². The molecule has 3 rings (SSSR count). The van der Waals surface area contributed by atoms with Gasteiger partial charge in [0, 0.05) is 0 Å². The Morgan fingerprint density at radius 3 is 2.74 bits per heavy atom. The molecular weight excluding hydrogens is 335 g/mol. The average Bonchev–Trinajstić information content (AvgIpc) is 3.00. The Hall–Kier alpha value is -2.62. The number of hydrogen-bond donors (Lipinski definition) is 1. The van der Waals surface area contributed by atoms with Crippen LogP contribution < -0.4 is 5.32 Å². The zero-order chi connectivity index (χ0) is 16.4. The molecule has 0 unspecified atom stereocenters. The van der Waals surface area contributed by atoms with Crippen LogP contribution in [0.3, 0.4) is 0 Å². The first-order valence-electron chi connectivity index (χ1n) is 6.61. The number of tetrazole rings is 1. The Morgan fingerprint density at radius 2 is 1.96 bits per heavy atom. The monoisotopic (exact) mass is 344 g/mol. The van der Waals surface area contributed by atoms with E-state index in [-0.39, 0.29) is 0 Å². The van der Waals surface area contributed by atoms with Crippen molar-refractivity contribution in [2.45, 2.75) is 6.92 Å². The van der Waals surface area contributed by atoms with Gasteiger partial charge in [0.25, 0.3) is 5.95 Å². The predicted octanol–water partition coefficient (Wildman–Crippen LogP) is 3.89. The molecule has 1 N–H and O–H groups in total. The summed E-state index contributed by atoms with van der Waals surface area (Å²) in [5, 5.41) is 24.6. The molecule has 0 spiro atoms. The van der Waals surface area contributed by atoms with Gasteiger partial charge in [0.15, 0.2) is 0 Å². The molecule has 23 heavy (non-hydrogen) atoms. The van der Waals surface area contributed by atoms with E-state index in [1.165, 1.54) is 4.68 Å². The average molecular weight is 345 g/mol. The van der Waals surface area contributed by atoms with E-state index in [0.717, 1.165) is 5.56 Å². The second-order valence-electron chi connectivity index (χ2n) is 4.72. The van der Waals surface area contributed by atoms with Gasteiger partial charge in [0.05, 0.1) is 27.0 Å². The smallest absolute Gasteiger partial charge is 0.252 e. The quantitative estimate of drug-likeness (QED) is 0.779. The molecule has 1 heterocycles. The van der Waals surface area contributed by atoms with Gasteiger partial charge in [-0.3, -0.25) is 0 Å². The maximum absolute atomic E-state index is 9.25. The molecule has 0 amide bonds. The van der Waals surface area contributed by atoms with E-state index < -0.39 is 0 Å². The van der Waals surface area contributed by atoms with Gasteiger partial charge in [0.1, 0.15) is 6.07 Å². The molecule has 8 heteroatoms. The van der Waals surface area contributed by atoms with Gasteiger partial charge in [-0.05, 0) is 41.1 Å². The van der Waals surface area contributed by atoms with Gasteiger partial charge in [-0.15, -0.1) is 0 Å². The summed E-state index contributed by atoms with van der Waals surface area (Å²) < 4.78 is 1.43. The molecule has 0 radical (unpaired) electrons. The first kappa shape index (κ1) is 15.3. The minimum atomic E-state index is 0.333. The summed E-state index contributed by atoms with van der Waals surface area (Å²) in [5.41, 5.74) is 2.58.